The van der Waals surface area contributed by atoms with E-state index in [-0.39, 0.29) is 5.41 Å². The maximum absolute atomic E-state index is 5.67. The quantitative estimate of drug-likeness (QED) is 0.692. The smallest absolute Gasteiger partial charge is 0.125 e. The molecule has 1 heteroatoms. The Hall–Kier alpha value is -1.24. The lowest BCUT2D eigenvalue weighted by molar-refractivity contribution is 0.357. The second-order valence-corrected chi connectivity index (χ2v) is 5.29. The van der Waals surface area contributed by atoms with Crippen LogP contribution < -0.4 is 4.74 Å². The molecule has 1 aromatic rings. The first kappa shape index (κ1) is 12.8. The molecule has 1 rings (SSSR count). The van der Waals surface area contributed by atoms with Gasteiger partial charge in [-0.05, 0) is 36.0 Å². The summed E-state index contributed by atoms with van der Waals surface area (Å²) in [6.07, 6.45) is 1.77. The van der Waals surface area contributed by atoms with E-state index in [0.29, 0.717) is 6.61 Å². The Morgan fingerprint density at radius 3 is 2.06 bits per heavy atom. The second kappa shape index (κ2) is 4.73. The molecule has 0 aromatic heterocycles. The first-order valence-corrected chi connectivity index (χ1v) is 5.71. The maximum atomic E-state index is 5.67. The number of ether oxygens (including phenoxy) is 1. The predicted molar refractivity (Wildman–Crippen MR) is 70.3 cm³/mol. The number of hydrogen-bond donors (Lipinski definition) is 0. The summed E-state index contributed by atoms with van der Waals surface area (Å²) in [5.41, 5.74) is 3.94. The largest absolute Gasteiger partial charge is 0.489 e. The highest BCUT2D eigenvalue weighted by atomic mass is 16.5. The molecular formula is C15H22O. The van der Waals surface area contributed by atoms with Crippen LogP contribution in [0.4, 0.5) is 0 Å². The molecule has 16 heavy (non-hydrogen) atoms. The molecule has 0 saturated carbocycles. The second-order valence-electron chi connectivity index (χ2n) is 5.29. The van der Waals surface area contributed by atoms with Gasteiger partial charge in [0.2, 0.25) is 0 Å². The minimum Gasteiger partial charge on any atom is -0.489 e. The maximum Gasteiger partial charge on any atom is 0.125 e. The van der Waals surface area contributed by atoms with Crippen molar-refractivity contribution in [2.24, 2.45) is 0 Å². The first-order chi connectivity index (χ1) is 7.36. The molecule has 0 radical (unpaired) electrons. The van der Waals surface area contributed by atoms with Crippen LogP contribution in [0.1, 0.15) is 37.5 Å². The van der Waals surface area contributed by atoms with Crippen molar-refractivity contribution in [2.75, 3.05) is 6.61 Å². The third kappa shape index (κ3) is 2.88. The third-order valence-electron chi connectivity index (χ3n) is 2.67. The topological polar surface area (TPSA) is 9.23 Å². The van der Waals surface area contributed by atoms with Crippen molar-refractivity contribution in [3.8, 4) is 5.75 Å². The molecule has 0 bridgehead atoms. The van der Waals surface area contributed by atoms with Crippen molar-refractivity contribution in [1.29, 1.82) is 0 Å². The van der Waals surface area contributed by atoms with Crippen molar-refractivity contribution in [2.45, 2.75) is 40.0 Å². The van der Waals surface area contributed by atoms with Crippen LogP contribution in [0, 0.1) is 13.8 Å². The zero-order valence-electron chi connectivity index (χ0n) is 11.1. The van der Waals surface area contributed by atoms with Gasteiger partial charge in [0.15, 0.2) is 0 Å². The Morgan fingerprint density at radius 2 is 1.69 bits per heavy atom. The molecule has 0 aliphatic heterocycles. The molecular weight excluding hydrogens is 196 g/mol. The molecule has 0 N–H and O–H groups in total. The Kier molecular flexibility index (Phi) is 3.79. The Labute approximate surface area is 99.1 Å². The SMILES string of the molecule is C=CCOc1c(C)cc(C(C)(C)C)cc1C. The molecule has 88 valence electrons. The zero-order chi connectivity index (χ0) is 12.3. The molecule has 0 aliphatic carbocycles. The molecule has 0 aliphatic rings. The van der Waals surface area contributed by atoms with E-state index in [1.54, 1.807) is 6.08 Å². The van der Waals surface area contributed by atoms with E-state index in [0.717, 1.165) is 5.75 Å². The van der Waals surface area contributed by atoms with Gasteiger partial charge in [0, 0.05) is 0 Å². The van der Waals surface area contributed by atoms with Crippen molar-refractivity contribution in [3.63, 3.8) is 0 Å². The standard InChI is InChI=1S/C15H22O/c1-7-8-16-14-11(2)9-13(10-12(14)3)15(4,5)6/h7,9-10H,1,8H2,2-6H3. The molecule has 0 unspecified atom stereocenters. The van der Waals surface area contributed by atoms with Crippen LogP contribution in [0.25, 0.3) is 0 Å². The summed E-state index contributed by atoms with van der Waals surface area (Å²) in [5, 5.41) is 0. The van der Waals surface area contributed by atoms with E-state index in [2.05, 4.69) is 53.3 Å². The van der Waals surface area contributed by atoms with Crippen LogP contribution in [-0.2, 0) is 5.41 Å². The average Bonchev–Trinajstić information content (AvgIpc) is 2.15. The van der Waals surface area contributed by atoms with E-state index in [1.807, 2.05) is 0 Å². The van der Waals surface area contributed by atoms with Crippen LogP contribution in [0.2, 0.25) is 0 Å². The highest BCUT2D eigenvalue weighted by Gasteiger charge is 2.16. The Morgan fingerprint density at radius 1 is 1.19 bits per heavy atom. The molecule has 0 spiro atoms. The van der Waals surface area contributed by atoms with Crippen molar-refractivity contribution in [3.05, 3.63) is 41.5 Å². The summed E-state index contributed by atoms with van der Waals surface area (Å²) < 4.78 is 5.67. The third-order valence-corrected chi connectivity index (χ3v) is 2.67. The number of benzene rings is 1. The van der Waals surface area contributed by atoms with E-state index in [1.165, 1.54) is 16.7 Å². The average molecular weight is 218 g/mol. The van der Waals surface area contributed by atoms with Gasteiger partial charge in [-0.25, -0.2) is 0 Å². The van der Waals surface area contributed by atoms with Crippen molar-refractivity contribution in [1.82, 2.24) is 0 Å². The van der Waals surface area contributed by atoms with Crippen molar-refractivity contribution >= 4 is 0 Å². The lowest BCUT2D eigenvalue weighted by atomic mass is 9.85. The lowest BCUT2D eigenvalue weighted by Crippen LogP contribution is -2.12. The fraction of sp³-hybridized carbons (Fsp3) is 0.467. The highest BCUT2D eigenvalue weighted by molar-refractivity contribution is 5.45. The van der Waals surface area contributed by atoms with Crippen molar-refractivity contribution < 1.29 is 4.74 Å². The zero-order valence-corrected chi connectivity index (χ0v) is 11.1. The molecule has 0 saturated heterocycles. The van der Waals surface area contributed by atoms with Gasteiger partial charge in [-0.3, -0.25) is 0 Å². The molecule has 1 aromatic carbocycles. The lowest BCUT2D eigenvalue weighted by Gasteiger charge is -2.22. The van der Waals surface area contributed by atoms with E-state index in [9.17, 15) is 0 Å². The Bertz CT molecular complexity index is 360. The summed E-state index contributed by atoms with van der Waals surface area (Å²) >= 11 is 0. The molecule has 0 heterocycles. The fourth-order valence-corrected chi connectivity index (χ4v) is 1.75. The van der Waals surface area contributed by atoms with Gasteiger partial charge in [-0.1, -0.05) is 45.6 Å². The normalized spacial score (nSPS) is 11.3. The molecule has 0 atom stereocenters. The predicted octanol–water partition coefficient (Wildman–Crippen LogP) is 4.17. The van der Waals surface area contributed by atoms with Crippen LogP contribution in [0.15, 0.2) is 24.8 Å². The highest BCUT2D eigenvalue weighted by Crippen LogP contribution is 2.30. The molecule has 0 amide bonds. The summed E-state index contributed by atoms with van der Waals surface area (Å²) in [6, 6.07) is 4.43. The van der Waals surface area contributed by atoms with Crippen LogP contribution in [0.3, 0.4) is 0 Å². The van der Waals surface area contributed by atoms with Gasteiger partial charge < -0.3 is 4.74 Å². The van der Waals surface area contributed by atoms with E-state index >= 15 is 0 Å². The van der Waals surface area contributed by atoms with Gasteiger partial charge in [-0.15, -0.1) is 0 Å². The van der Waals surface area contributed by atoms with E-state index in [4.69, 9.17) is 4.74 Å². The summed E-state index contributed by atoms with van der Waals surface area (Å²) in [6.45, 7) is 15.1. The van der Waals surface area contributed by atoms with Gasteiger partial charge in [0.25, 0.3) is 0 Å². The number of aryl methyl sites for hydroxylation is 2. The van der Waals surface area contributed by atoms with Crippen LogP contribution in [0.5, 0.6) is 5.75 Å². The van der Waals surface area contributed by atoms with Gasteiger partial charge >= 0.3 is 0 Å². The minimum absolute atomic E-state index is 0.187. The van der Waals surface area contributed by atoms with Gasteiger partial charge in [0.1, 0.15) is 12.4 Å². The molecule has 1 nitrogen and oxygen atoms in total. The minimum atomic E-state index is 0.187. The van der Waals surface area contributed by atoms with E-state index < -0.39 is 0 Å². The van der Waals surface area contributed by atoms with Crippen LogP contribution in [-0.4, -0.2) is 6.61 Å². The summed E-state index contributed by atoms with van der Waals surface area (Å²) in [5.74, 6) is 0.993. The Balaban J connectivity index is 3.12. The summed E-state index contributed by atoms with van der Waals surface area (Å²) in [4.78, 5) is 0. The monoisotopic (exact) mass is 218 g/mol. The number of hydrogen-bond acceptors (Lipinski definition) is 1. The molecule has 0 fully saturated rings. The van der Waals surface area contributed by atoms with Gasteiger partial charge in [0.05, 0.1) is 0 Å². The summed E-state index contributed by atoms with van der Waals surface area (Å²) in [7, 11) is 0. The van der Waals surface area contributed by atoms with Gasteiger partial charge in [-0.2, -0.15) is 0 Å². The fourth-order valence-electron chi connectivity index (χ4n) is 1.75. The first-order valence-electron chi connectivity index (χ1n) is 5.71. The number of rotatable bonds is 3. The van der Waals surface area contributed by atoms with Crippen LogP contribution >= 0.6 is 0 Å².